The first kappa shape index (κ1) is 9.54. The third kappa shape index (κ3) is 2.26. The van der Waals surface area contributed by atoms with Crippen molar-refractivity contribution < 1.29 is 9.31 Å². The molecule has 1 saturated carbocycles. The number of hydrogen-bond donors (Lipinski definition) is 0. The van der Waals surface area contributed by atoms with Gasteiger partial charge in [-0.3, -0.25) is 0 Å². The van der Waals surface area contributed by atoms with Gasteiger partial charge in [-0.05, 0) is 12.2 Å². The molecule has 0 aromatic rings. The molecule has 0 bridgehead atoms. The van der Waals surface area contributed by atoms with Crippen molar-refractivity contribution in [2.24, 2.45) is 0 Å². The quantitative estimate of drug-likeness (QED) is 0.611. The van der Waals surface area contributed by atoms with Gasteiger partial charge in [-0.2, -0.15) is 0 Å². The molecule has 2 aliphatic rings. The van der Waals surface area contributed by atoms with Gasteiger partial charge in [-0.1, -0.05) is 39.0 Å². The maximum absolute atomic E-state index is 5.83. The van der Waals surface area contributed by atoms with Crippen molar-refractivity contribution in [2.45, 2.75) is 57.4 Å². The lowest BCUT2D eigenvalue weighted by molar-refractivity contribution is 0.225. The Hall–Kier alpha value is -0.0151. The van der Waals surface area contributed by atoms with E-state index in [2.05, 4.69) is 6.92 Å². The van der Waals surface area contributed by atoms with Crippen molar-refractivity contribution in [3.8, 4) is 0 Å². The minimum Gasteiger partial charge on any atom is -0.408 e. The van der Waals surface area contributed by atoms with Crippen LogP contribution in [-0.2, 0) is 9.31 Å². The summed E-state index contributed by atoms with van der Waals surface area (Å²) in [5.74, 6) is 0.685. The van der Waals surface area contributed by atoms with Crippen LogP contribution in [0.4, 0.5) is 0 Å². The summed E-state index contributed by atoms with van der Waals surface area (Å²) >= 11 is 0. The maximum Gasteiger partial charge on any atom is 0.460 e. The Morgan fingerprint density at radius 1 is 1.23 bits per heavy atom. The minimum atomic E-state index is 0.130. The summed E-state index contributed by atoms with van der Waals surface area (Å²) in [6.45, 7) is 2.98. The molecule has 0 radical (unpaired) electrons. The molecule has 3 heteroatoms. The number of hydrogen-bond acceptors (Lipinski definition) is 2. The van der Waals surface area contributed by atoms with Gasteiger partial charge in [0.2, 0.25) is 0 Å². The largest absolute Gasteiger partial charge is 0.460 e. The van der Waals surface area contributed by atoms with E-state index in [1.54, 1.807) is 0 Å². The summed E-state index contributed by atoms with van der Waals surface area (Å²) in [5, 5.41) is 0. The normalized spacial score (nSPS) is 31.2. The van der Waals surface area contributed by atoms with E-state index in [0.717, 1.165) is 13.0 Å². The molecule has 2 fully saturated rings. The van der Waals surface area contributed by atoms with E-state index in [-0.39, 0.29) is 7.12 Å². The lowest BCUT2D eigenvalue weighted by Crippen LogP contribution is -2.25. The average molecular weight is 182 g/mol. The molecule has 1 atom stereocenters. The van der Waals surface area contributed by atoms with Crippen LogP contribution in [0.15, 0.2) is 0 Å². The van der Waals surface area contributed by atoms with Crippen LogP contribution in [0.25, 0.3) is 0 Å². The summed E-state index contributed by atoms with van der Waals surface area (Å²) in [4.78, 5) is 0. The first-order valence-corrected chi connectivity index (χ1v) is 5.67. The third-order valence-corrected chi connectivity index (χ3v) is 3.26. The predicted octanol–water partition coefficient (Wildman–Crippen LogP) is 2.63. The highest BCUT2D eigenvalue weighted by molar-refractivity contribution is 6.47. The van der Waals surface area contributed by atoms with Crippen molar-refractivity contribution in [2.75, 3.05) is 6.61 Å². The molecule has 0 N–H and O–H groups in total. The second-order valence-corrected chi connectivity index (χ2v) is 4.27. The molecule has 0 aromatic heterocycles. The van der Waals surface area contributed by atoms with Crippen LogP contribution in [-0.4, -0.2) is 19.8 Å². The molecule has 1 aliphatic heterocycles. The summed E-state index contributed by atoms with van der Waals surface area (Å²) < 4.78 is 11.5. The zero-order valence-electron chi connectivity index (χ0n) is 8.50. The molecule has 13 heavy (non-hydrogen) atoms. The van der Waals surface area contributed by atoms with Gasteiger partial charge < -0.3 is 9.31 Å². The van der Waals surface area contributed by atoms with Crippen LogP contribution >= 0.6 is 0 Å². The SMILES string of the molecule is CCC1COB(C2CCCCC2)O1. The van der Waals surface area contributed by atoms with Crippen molar-refractivity contribution in [1.29, 1.82) is 0 Å². The van der Waals surface area contributed by atoms with Crippen molar-refractivity contribution in [3.63, 3.8) is 0 Å². The van der Waals surface area contributed by atoms with E-state index in [4.69, 9.17) is 9.31 Å². The fourth-order valence-electron chi connectivity index (χ4n) is 2.34. The second-order valence-electron chi connectivity index (χ2n) is 4.27. The van der Waals surface area contributed by atoms with E-state index >= 15 is 0 Å². The van der Waals surface area contributed by atoms with Gasteiger partial charge in [-0.15, -0.1) is 0 Å². The lowest BCUT2D eigenvalue weighted by atomic mass is 9.65. The molecular weight excluding hydrogens is 163 g/mol. The molecule has 1 aliphatic carbocycles. The van der Waals surface area contributed by atoms with Gasteiger partial charge in [-0.25, -0.2) is 0 Å². The molecule has 1 unspecified atom stereocenters. The summed E-state index contributed by atoms with van der Waals surface area (Å²) in [7, 11) is 0.130. The topological polar surface area (TPSA) is 18.5 Å². The Bertz CT molecular complexity index is 157. The first-order chi connectivity index (χ1) is 6.40. The smallest absolute Gasteiger partial charge is 0.408 e. The highest BCUT2D eigenvalue weighted by atomic mass is 16.6. The van der Waals surface area contributed by atoms with E-state index in [0.29, 0.717) is 11.9 Å². The Morgan fingerprint density at radius 3 is 2.62 bits per heavy atom. The fourth-order valence-corrected chi connectivity index (χ4v) is 2.34. The molecule has 2 rings (SSSR count). The fraction of sp³-hybridized carbons (Fsp3) is 1.00. The molecule has 74 valence electrons. The van der Waals surface area contributed by atoms with Crippen LogP contribution in [0, 0.1) is 0 Å². The van der Waals surface area contributed by atoms with Crippen molar-refractivity contribution >= 4 is 7.12 Å². The highest BCUT2D eigenvalue weighted by Crippen LogP contribution is 2.34. The predicted molar refractivity (Wildman–Crippen MR) is 53.7 cm³/mol. The Morgan fingerprint density at radius 2 is 2.00 bits per heavy atom. The summed E-state index contributed by atoms with van der Waals surface area (Å²) in [6.07, 6.45) is 8.20. The van der Waals surface area contributed by atoms with Gasteiger partial charge in [0.05, 0.1) is 12.7 Å². The zero-order valence-corrected chi connectivity index (χ0v) is 8.50. The van der Waals surface area contributed by atoms with Crippen LogP contribution in [0.3, 0.4) is 0 Å². The molecule has 1 saturated heterocycles. The third-order valence-electron chi connectivity index (χ3n) is 3.26. The maximum atomic E-state index is 5.83. The molecule has 2 nitrogen and oxygen atoms in total. The average Bonchev–Trinajstić information content (AvgIpc) is 2.67. The van der Waals surface area contributed by atoms with E-state index in [1.807, 2.05) is 0 Å². The van der Waals surface area contributed by atoms with Gasteiger partial charge in [0.25, 0.3) is 0 Å². The Balaban J connectivity index is 1.80. The Kier molecular flexibility index (Phi) is 3.28. The molecule has 0 aromatic carbocycles. The number of rotatable bonds is 2. The monoisotopic (exact) mass is 182 g/mol. The molecule has 0 spiro atoms. The molecule has 1 heterocycles. The highest BCUT2D eigenvalue weighted by Gasteiger charge is 2.37. The Labute approximate surface area is 81.1 Å². The van der Waals surface area contributed by atoms with Gasteiger partial charge in [0.1, 0.15) is 0 Å². The molecular formula is C10H19BO2. The van der Waals surface area contributed by atoms with Crippen LogP contribution in [0.2, 0.25) is 5.82 Å². The first-order valence-electron chi connectivity index (χ1n) is 5.67. The lowest BCUT2D eigenvalue weighted by Gasteiger charge is -2.22. The summed E-state index contributed by atoms with van der Waals surface area (Å²) in [6, 6.07) is 0. The second kappa shape index (κ2) is 4.47. The van der Waals surface area contributed by atoms with E-state index in [9.17, 15) is 0 Å². The van der Waals surface area contributed by atoms with Crippen LogP contribution in [0.5, 0.6) is 0 Å². The minimum absolute atomic E-state index is 0.130. The zero-order chi connectivity index (χ0) is 9.10. The summed E-state index contributed by atoms with van der Waals surface area (Å²) in [5.41, 5.74) is 0. The van der Waals surface area contributed by atoms with Crippen LogP contribution in [0.1, 0.15) is 45.4 Å². The molecule has 0 amide bonds. The standard InChI is InChI=1S/C10H19BO2/c1-2-10-8-12-11(13-10)9-6-4-3-5-7-9/h9-10H,2-8H2,1H3. The van der Waals surface area contributed by atoms with Crippen molar-refractivity contribution in [3.05, 3.63) is 0 Å². The van der Waals surface area contributed by atoms with Crippen molar-refractivity contribution in [1.82, 2.24) is 0 Å². The van der Waals surface area contributed by atoms with Gasteiger partial charge in [0, 0.05) is 0 Å². The van der Waals surface area contributed by atoms with E-state index in [1.165, 1.54) is 32.1 Å². The van der Waals surface area contributed by atoms with Gasteiger partial charge in [0.15, 0.2) is 0 Å². The van der Waals surface area contributed by atoms with Crippen LogP contribution < -0.4 is 0 Å². The van der Waals surface area contributed by atoms with Gasteiger partial charge >= 0.3 is 7.12 Å². The van der Waals surface area contributed by atoms with E-state index < -0.39 is 0 Å².